The zero-order valence-electron chi connectivity index (χ0n) is 14.9. The van der Waals surface area contributed by atoms with Gasteiger partial charge < -0.3 is 4.90 Å². The molecular weight excluding hydrogens is 340 g/mol. The van der Waals surface area contributed by atoms with Gasteiger partial charge in [0.1, 0.15) is 0 Å². The van der Waals surface area contributed by atoms with E-state index in [2.05, 4.69) is 6.07 Å². The lowest BCUT2D eigenvalue weighted by molar-refractivity contribution is -0.385. The van der Waals surface area contributed by atoms with Crippen LogP contribution in [0.3, 0.4) is 0 Å². The number of aryl methyl sites for hydroxylation is 1. The molecule has 0 aromatic heterocycles. The maximum absolute atomic E-state index is 13.3. The summed E-state index contributed by atoms with van der Waals surface area (Å²) in [5.74, 6) is -0.155. The summed E-state index contributed by atoms with van der Waals surface area (Å²) in [6.07, 6.45) is 0.773. The van der Waals surface area contributed by atoms with Crippen molar-refractivity contribution in [2.45, 2.75) is 19.9 Å². The van der Waals surface area contributed by atoms with Crippen molar-refractivity contribution in [2.24, 2.45) is 0 Å². The molecular formula is C22H18N2O3. The normalized spacial score (nSPS) is 12.7. The first-order chi connectivity index (χ1) is 13.0. The van der Waals surface area contributed by atoms with E-state index in [1.165, 1.54) is 17.7 Å². The van der Waals surface area contributed by atoms with Gasteiger partial charge in [0, 0.05) is 22.9 Å². The minimum atomic E-state index is -0.429. The summed E-state index contributed by atoms with van der Waals surface area (Å²) in [5, 5.41) is 11.1. The Hall–Kier alpha value is -3.47. The Balaban J connectivity index is 1.79. The molecule has 5 heteroatoms. The molecule has 0 fully saturated rings. The van der Waals surface area contributed by atoms with Crippen LogP contribution in [0, 0.1) is 17.0 Å². The summed E-state index contributed by atoms with van der Waals surface area (Å²) in [5.41, 5.74) is 5.25. The molecule has 5 nitrogen and oxygen atoms in total. The van der Waals surface area contributed by atoms with Gasteiger partial charge in [-0.25, -0.2) is 0 Å². The van der Waals surface area contributed by atoms with Crippen LogP contribution in [0.4, 0.5) is 11.4 Å². The van der Waals surface area contributed by atoms with E-state index in [9.17, 15) is 14.9 Å². The number of para-hydroxylation sites is 1. The molecule has 1 aliphatic heterocycles. The zero-order valence-corrected chi connectivity index (χ0v) is 14.9. The molecule has 0 aliphatic carbocycles. The van der Waals surface area contributed by atoms with E-state index in [0.29, 0.717) is 17.7 Å². The number of nitro groups is 1. The van der Waals surface area contributed by atoms with Gasteiger partial charge in [0.15, 0.2) is 0 Å². The highest BCUT2D eigenvalue weighted by atomic mass is 16.6. The number of hydrogen-bond acceptors (Lipinski definition) is 3. The van der Waals surface area contributed by atoms with Crippen LogP contribution in [0.2, 0.25) is 0 Å². The molecule has 0 bridgehead atoms. The average Bonchev–Trinajstić information content (AvgIpc) is 2.83. The number of hydrogen-bond donors (Lipinski definition) is 0. The van der Waals surface area contributed by atoms with Gasteiger partial charge in [0.2, 0.25) is 0 Å². The van der Waals surface area contributed by atoms with Gasteiger partial charge in [0.05, 0.1) is 11.5 Å². The van der Waals surface area contributed by atoms with E-state index >= 15 is 0 Å². The van der Waals surface area contributed by atoms with E-state index in [0.717, 1.165) is 23.2 Å². The molecule has 1 heterocycles. The first kappa shape index (κ1) is 17.0. The molecule has 0 spiro atoms. The van der Waals surface area contributed by atoms with Crippen molar-refractivity contribution in [3.63, 3.8) is 0 Å². The third kappa shape index (κ3) is 3.08. The number of nitro benzene ring substituents is 1. The highest BCUT2D eigenvalue weighted by molar-refractivity contribution is 6.07. The summed E-state index contributed by atoms with van der Waals surface area (Å²) in [6, 6.07) is 20.6. The van der Waals surface area contributed by atoms with E-state index in [1.54, 1.807) is 17.9 Å². The molecule has 1 aliphatic rings. The van der Waals surface area contributed by atoms with Gasteiger partial charge in [-0.2, -0.15) is 0 Å². The smallest absolute Gasteiger partial charge is 0.272 e. The molecule has 3 aromatic rings. The summed E-state index contributed by atoms with van der Waals surface area (Å²) < 4.78 is 0. The predicted octanol–water partition coefficient (Wildman–Crippen LogP) is 4.65. The predicted molar refractivity (Wildman–Crippen MR) is 104 cm³/mol. The lowest BCUT2D eigenvalue weighted by atomic mass is 10.0. The number of anilines is 1. The van der Waals surface area contributed by atoms with Crippen LogP contribution in [-0.2, 0) is 13.0 Å². The summed E-state index contributed by atoms with van der Waals surface area (Å²) in [4.78, 5) is 25.7. The van der Waals surface area contributed by atoms with Crippen molar-refractivity contribution in [3.05, 3.63) is 105 Å². The fraction of sp³-hybridized carbons (Fsp3) is 0.136. The Kier molecular flexibility index (Phi) is 4.20. The molecule has 0 unspecified atom stereocenters. The molecule has 0 saturated heterocycles. The van der Waals surface area contributed by atoms with E-state index in [-0.39, 0.29) is 11.6 Å². The number of amides is 1. The van der Waals surface area contributed by atoms with Crippen LogP contribution in [-0.4, -0.2) is 10.8 Å². The highest BCUT2D eigenvalue weighted by Gasteiger charge is 2.25. The topological polar surface area (TPSA) is 63.5 Å². The Morgan fingerprint density at radius 1 is 0.963 bits per heavy atom. The number of fused-ring (bicyclic) bond motifs is 2. The monoisotopic (exact) mass is 358 g/mol. The molecule has 3 aromatic carbocycles. The van der Waals surface area contributed by atoms with Crippen molar-refractivity contribution in [3.8, 4) is 0 Å². The van der Waals surface area contributed by atoms with Crippen LogP contribution in [0.1, 0.15) is 32.6 Å². The van der Waals surface area contributed by atoms with Gasteiger partial charge in [-0.05, 0) is 48.2 Å². The Bertz CT molecular complexity index is 1060. The molecule has 27 heavy (non-hydrogen) atoms. The van der Waals surface area contributed by atoms with Crippen molar-refractivity contribution in [1.29, 1.82) is 0 Å². The molecule has 0 atom stereocenters. The maximum Gasteiger partial charge on any atom is 0.272 e. The number of carbonyl (C=O) groups excluding carboxylic acids is 1. The lowest BCUT2D eigenvalue weighted by Gasteiger charge is -2.23. The quantitative estimate of drug-likeness (QED) is 0.495. The van der Waals surface area contributed by atoms with Crippen molar-refractivity contribution < 1.29 is 9.72 Å². The van der Waals surface area contributed by atoms with Gasteiger partial charge in [-0.1, -0.05) is 42.5 Å². The molecule has 0 N–H and O–H groups in total. The van der Waals surface area contributed by atoms with Gasteiger partial charge >= 0.3 is 0 Å². The van der Waals surface area contributed by atoms with E-state index in [4.69, 9.17) is 0 Å². The minimum absolute atomic E-state index is 0.0214. The summed E-state index contributed by atoms with van der Waals surface area (Å²) in [6.45, 7) is 2.13. The fourth-order valence-corrected chi connectivity index (χ4v) is 3.60. The van der Waals surface area contributed by atoms with Crippen LogP contribution >= 0.6 is 0 Å². The van der Waals surface area contributed by atoms with Gasteiger partial charge in [-0.3, -0.25) is 14.9 Å². The summed E-state index contributed by atoms with van der Waals surface area (Å²) in [7, 11) is 0. The van der Waals surface area contributed by atoms with Crippen molar-refractivity contribution >= 4 is 17.3 Å². The second-order valence-electron chi connectivity index (χ2n) is 6.72. The van der Waals surface area contributed by atoms with E-state index in [1.807, 2.05) is 42.5 Å². The molecule has 4 rings (SSSR count). The Morgan fingerprint density at radius 2 is 1.63 bits per heavy atom. The van der Waals surface area contributed by atoms with Crippen LogP contribution in [0.25, 0.3) is 0 Å². The van der Waals surface area contributed by atoms with Gasteiger partial charge in [0.25, 0.3) is 11.6 Å². The molecule has 0 radical (unpaired) electrons. The lowest BCUT2D eigenvalue weighted by Crippen LogP contribution is -2.30. The SMILES string of the molecule is Cc1cc(C(=O)N2Cc3ccccc3Cc3ccccc32)ccc1[N+](=O)[O-]. The van der Waals surface area contributed by atoms with Crippen molar-refractivity contribution in [1.82, 2.24) is 0 Å². The second kappa shape index (κ2) is 6.68. The van der Waals surface area contributed by atoms with E-state index < -0.39 is 4.92 Å². The number of rotatable bonds is 2. The maximum atomic E-state index is 13.3. The summed E-state index contributed by atoms with van der Waals surface area (Å²) >= 11 is 0. The number of nitrogens with zero attached hydrogens (tertiary/aromatic N) is 2. The minimum Gasteiger partial charge on any atom is -0.304 e. The number of carbonyl (C=O) groups is 1. The molecule has 134 valence electrons. The zero-order chi connectivity index (χ0) is 19.0. The van der Waals surface area contributed by atoms with Gasteiger partial charge in [-0.15, -0.1) is 0 Å². The standard InChI is InChI=1S/C22H18N2O3/c1-15-12-18(10-11-20(15)24(26)27)22(25)23-14-19-8-3-2-6-16(19)13-17-7-4-5-9-21(17)23/h2-12H,13-14H2,1H3. The Labute approximate surface area is 157 Å². The second-order valence-corrected chi connectivity index (χ2v) is 6.72. The first-order valence-electron chi connectivity index (χ1n) is 8.76. The van der Waals surface area contributed by atoms with Crippen molar-refractivity contribution in [2.75, 3.05) is 4.90 Å². The van der Waals surface area contributed by atoms with Crippen LogP contribution in [0.15, 0.2) is 66.7 Å². The largest absolute Gasteiger partial charge is 0.304 e. The number of benzene rings is 3. The Morgan fingerprint density at radius 3 is 2.33 bits per heavy atom. The average molecular weight is 358 g/mol. The first-order valence-corrected chi connectivity index (χ1v) is 8.76. The van der Waals surface area contributed by atoms with Crippen LogP contribution in [0.5, 0.6) is 0 Å². The third-order valence-electron chi connectivity index (χ3n) is 5.00. The molecule has 0 saturated carbocycles. The highest BCUT2D eigenvalue weighted by Crippen LogP contribution is 2.32. The van der Waals surface area contributed by atoms with Crippen LogP contribution < -0.4 is 4.90 Å². The fourth-order valence-electron chi connectivity index (χ4n) is 3.60. The third-order valence-corrected chi connectivity index (χ3v) is 5.00. The molecule has 1 amide bonds.